The van der Waals surface area contributed by atoms with Gasteiger partial charge in [0.2, 0.25) is 0 Å². The van der Waals surface area contributed by atoms with Crippen molar-refractivity contribution in [3.63, 3.8) is 0 Å². The van der Waals surface area contributed by atoms with E-state index in [1.165, 1.54) is 7.11 Å². The number of carbonyl (C=O) groups excluding carboxylic acids is 1. The van der Waals surface area contributed by atoms with E-state index < -0.39 is 6.04 Å². The van der Waals surface area contributed by atoms with E-state index in [1.807, 2.05) is 27.7 Å². The Morgan fingerprint density at radius 2 is 1.89 bits per heavy atom. The van der Waals surface area contributed by atoms with Crippen LogP contribution in [0.3, 0.4) is 0 Å². The number of benzene rings is 2. The van der Waals surface area contributed by atoms with Crippen LogP contribution < -0.4 is 20.3 Å². The first-order valence-corrected chi connectivity index (χ1v) is 12.1. The van der Waals surface area contributed by atoms with Gasteiger partial charge in [0.15, 0.2) is 0 Å². The second-order valence-electron chi connectivity index (χ2n) is 8.65. The number of nitrogens with zero attached hydrogens (tertiary/aromatic N) is 3. The minimum atomic E-state index is -0.433. The number of methoxy groups -OCH3 is 2. The molecule has 1 aromatic heterocycles. The van der Waals surface area contributed by atoms with Crippen molar-refractivity contribution in [3.8, 4) is 11.5 Å². The Morgan fingerprint density at radius 3 is 2.49 bits per heavy atom. The van der Waals surface area contributed by atoms with Gasteiger partial charge in [-0.2, -0.15) is 0 Å². The van der Waals surface area contributed by atoms with Gasteiger partial charge >= 0.3 is 6.03 Å². The molecule has 3 aromatic rings. The highest BCUT2D eigenvalue weighted by Gasteiger charge is 2.29. The summed E-state index contributed by atoms with van der Waals surface area (Å²) >= 11 is 6.19. The summed E-state index contributed by atoms with van der Waals surface area (Å²) in [7, 11) is 3.11. The third kappa shape index (κ3) is 5.70. The smallest absolute Gasteiger partial charge is 0.322 e. The number of ether oxygens (including phenoxy) is 2. The molecular formula is C26H33ClN4O4. The number of rotatable bonds is 9. The van der Waals surface area contributed by atoms with Crippen LogP contribution in [0, 0.1) is 5.92 Å². The van der Waals surface area contributed by atoms with Crippen molar-refractivity contribution in [2.75, 3.05) is 26.1 Å². The number of halogens is 1. The van der Waals surface area contributed by atoms with E-state index in [1.54, 1.807) is 53.0 Å². The summed E-state index contributed by atoms with van der Waals surface area (Å²) in [6.45, 7) is 8.86. The minimum Gasteiger partial charge on any atom is -0.497 e. The highest BCUT2D eigenvalue weighted by atomic mass is 35.5. The Kier molecular flexibility index (Phi) is 8.62. The summed E-state index contributed by atoms with van der Waals surface area (Å²) in [5.74, 6) is 1.83. The molecule has 0 aliphatic rings. The summed E-state index contributed by atoms with van der Waals surface area (Å²) in [5, 5.41) is 3.97. The van der Waals surface area contributed by atoms with Gasteiger partial charge in [0.05, 0.1) is 36.9 Å². The van der Waals surface area contributed by atoms with Crippen molar-refractivity contribution in [3.05, 3.63) is 57.6 Å². The van der Waals surface area contributed by atoms with Crippen LogP contribution >= 0.6 is 11.6 Å². The molecule has 188 valence electrons. The zero-order valence-electron chi connectivity index (χ0n) is 21.1. The van der Waals surface area contributed by atoms with E-state index in [-0.39, 0.29) is 17.5 Å². The van der Waals surface area contributed by atoms with Crippen molar-refractivity contribution in [1.29, 1.82) is 0 Å². The molecule has 35 heavy (non-hydrogen) atoms. The molecular weight excluding hydrogens is 468 g/mol. The molecule has 9 heteroatoms. The van der Waals surface area contributed by atoms with Gasteiger partial charge in [0, 0.05) is 24.2 Å². The number of aromatic nitrogens is 2. The average Bonchev–Trinajstić information content (AvgIpc) is 2.83. The first-order valence-electron chi connectivity index (χ1n) is 11.7. The minimum absolute atomic E-state index is 0.149. The molecule has 0 radical (unpaired) electrons. The van der Waals surface area contributed by atoms with Crippen molar-refractivity contribution in [1.82, 2.24) is 14.5 Å². The maximum atomic E-state index is 13.6. The predicted molar refractivity (Wildman–Crippen MR) is 140 cm³/mol. The van der Waals surface area contributed by atoms with Gasteiger partial charge in [-0.25, -0.2) is 9.78 Å². The van der Waals surface area contributed by atoms with Gasteiger partial charge in [0.25, 0.3) is 5.56 Å². The molecule has 8 nitrogen and oxygen atoms in total. The largest absolute Gasteiger partial charge is 0.497 e. The number of urea groups is 1. The zero-order valence-corrected chi connectivity index (χ0v) is 21.8. The fraction of sp³-hybridized carbons (Fsp3) is 0.423. The highest BCUT2D eigenvalue weighted by molar-refractivity contribution is 6.31. The monoisotopic (exact) mass is 500 g/mol. The molecule has 2 aromatic carbocycles. The van der Waals surface area contributed by atoms with E-state index in [9.17, 15) is 9.59 Å². The number of hydrogen-bond donors (Lipinski definition) is 1. The number of hydrogen-bond acceptors (Lipinski definition) is 5. The van der Waals surface area contributed by atoms with Gasteiger partial charge in [-0.1, -0.05) is 32.4 Å². The Labute approximate surface area is 210 Å². The molecule has 0 bridgehead atoms. The first-order chi connectivity index (χ1) is 16.7. The second kappa shape index (κ2) is 11.4. The third-order valence-corrected chi connectivity index (χ3v) is 6.03. The van der Waals surface area contributed by atoms with Crippen LogP contribution in [0.15, 0.2) is 41.2 Å². The molecule has 1 atom stereocenters. The van der Waals surface area contributed by atoms with Crippen LogP contribution in [0.5, 0.6) is 11.5 Å². The van der Waals surface area contributed by atoms with Crippen LogP contribution in [0.1, 0.15) is 46.0 Å². The predicted octanol–water partition coefficient (Wildman–Crippen LogP) is 5.73. The Morgan fingerprint density at radius 1 is 1.14 bits per heavy atom. The van der Waals surface area contributed by atoms with Crippen molar-refractivity contribution in [2.45, 2.75) is 46.7 Å². The number of fused-ring (bicyclic) bond motifs is 1. The van der Waals surface area contributed by atoms with E-state index in [4.69, 9.17) is 26.1 Å². The van der Waals surface area contributed by atoms with Gasteiger partial charge in [-0.3, -0.25) is 9.36 Å². The van der Waals surface area contributed by atoms with Crippen LogP contribution in [0.25, 0.3) is 10.9 Å². The number of anilines is 1. The standard InChI is InChI=1S/C26H33ClN4O4/c1-7-22(24-28-21-13-17(27)9-11-19(21)25(32)30(24)8-2)31(15-16(3)4)26(33)29-20-12-10-18(34-5)14-23(20)35-6/h9-14,16,22H,7-8,15H2,1-6H3,(H,29,33). The van der Waals surface area contributed by atoms with Crippen molar-refractivity contribution in [2.24, 2.45) is 5.92 Å². The van der Waals surface area contributed by atoms with Crippen LogP contribution in [0.2, 0.25) is 5.02 Å². The molecule has 0 saturated heterocycles. The third-order valence-electron chi connectivity index (χ3n) is 5.80. The molecule has 1 unspecified atom stereocenters. The van der Waals surface area contributed by atoms with Crippen LogP contribution in [-0.4, -0.2) is 41.2 Å². The number of nitrogens with one attached hydrogen (secondary N) is 1. The highest BCUT2D eigenvalue weighted by Crippen LogP contribution is 2.31. The van der Waals surface area contributed by atoms with Crippen LogP contribution in [-0.2, 0) is 6.54 Å². The lowest BCUT2D eigenvalue weighted by Crippen LogP contribution is -2.42. The lowest BCUT2D eigenvalue weighted by molar-refractivity contribution is 0.170. The maximum Gasteiger partial charge on any atom is 0.322 e. The first kappa shape index (κ1) is 26.3. The molecule has 2 amide bonds. The summed E-state index contributed by atoms with van der Waals surface area (Å²) in [6.07, 6.45) is 0.568. The van der Waals surface area contributed by atoms with Gasteiger partial charge in [0.1, 0.15) is 17.3 Å². The molecule has 0 aliphatic carbocycles. The topological polar surface area (TPSA) is 85.7 Å². The van der Waals surface area contributed by atoms with Crippen molar-refractivity contribution < 1.29 is 14.3 Å². The lowest BCUT2D eigenvalue weighted by atomic mass is 10.1. The summed E-state index contributed by atoms with van der Waals surface area (Å²) in [6, 6.07) is 9.53. The molecule has 0 spiro atoms. The van der Waals surface area contributed by atoms with Crippen molar-refractivity contribution >= 4 is 34.2 Å². The van der Waals surface area contributed by atoms with E-state index in [0.717, 1.165) is 0 Å². The average molecular weight is 501 g/mol. The fourth-order valence-electron chi connectivity index (χ4n) is 4.15. The van der Waals surface area contributed by atoms with E-state index >= 15 is 0 Å². The molecule has 0 saturated carbocycles. The Bertz CT molecular complexity index is 1260. The summed E-state index contributed by atoms with van der Waals surface area (Å²) in [4.78, 5) is 33.5. The lowest BCUT2D eigenvalue weighted by Gasteiger charge is -2.33. The summed E-state index contributed by atoms with van der Waals surface area (Å²) in [5.41, 5.74) is 0.889. The number of amides is 2. The van der Waals surface area contributed by atoms with Gasteiger partial charge in [-0.05, 0) is 49.6 Å². The van der Waals surface area contributed by atoms with E-state index in [0.29, 0.717) is 58.4 Å². The van der Waals surface area contributed by atoms with E-state index in [2.05, 4.69) is 5.32 Å². The molecule has 1 heterocycles. The molecule has 1 N–H and O–H groups in total. The quantitative estimate of drug-likeness (QED) is 0.405. The second-order valence-corrected chi connectivity index (χ2v) is 9.08. The Hall–Kier alpha value is -3.26. The van der Waals surface area contributed by atoms with Crippen LogP contribution in [0.4, 0.5) is 10.5 Å². The van der Waals surface area contributed by atoms with Gasteiger partial charge in [-0.15, -0.1) is 0 Å². The summed E-state index contributed by atoms with van der Waals surface area (Å²) < 4.78 is 12.3. The maximum absolute atomic E-state index is 13.6. The normalized spacial score (nSPS) is 12.0. The Balaban J connectivity index is 2.08. The molecule has 0 aliphatic heterocycles. The zero-order chi connectivity index (χ0) is 25.7. The molecule has 0 fully saturated rings. The van der Waals surface area contributed by atoms with Gasteiger partial charge < -0.3 is 19.7 Å². The molecule has 3 rings (SSSR count). The SMILES string of the molecule is CCC(c1nc2cc(Cl)ccc2c(=O)n1CC)N(CC(C)C)C(=O)Nc1ccc(OC)cc1OC. The fourth-order valence-corrected chi connectivity index (χ4v) is 4.31. The number of carbonyl (C=O) groups is 1.